The Morgan fingerprint density at radius 1 is 1.62 bits per heavy atom. The van der Waals surface area contributed by atoms with Crippen molar-refractivity contribution in [3.63, 3.8) is 0 Å². The van der Waals surface area contributed by atoms with Gasteiger partial charge in [-0.25, -0.2) is 0 Å². The van der Waals surface area contributed by atoms with Crippen LogP contribution < -0.4 is 0 Å². The van der Waals surface area contributed by atoms with E-state index in [0.717, 1.165) is 0 Å². The summed E-state index contributed by atoms with van der Waals surface area (Å²) in [7, 11) is 0. The van der Waals surface area contributed by atoms with E-state index < -0.39 is 5.79 Å². The Hall–Kier alpha value is -0.320. The highest BCUT2D eigenvalue weighted by Crippen LogP contribution is 2.17. The number of alkyl halides is 1. The third-order valence-electron chi connectivity index (χ3n) is 1.63. The van der Waals surface area contributed by atoms with Crippen LogP contribution in [0.15, 0.2) is 0 Å². The summed E-state index contributed by atoms with van der Waals surface area (Å²) < 4.78 is 15.4. The fraction of sp³-hybridized carbons (Fsp3) is 0.875. The Morgan fingerprint density at radius 2 is 2.38 bits per heavy atom. The minimum atomic E-state index is -0.929. The zero-order chi connectivity index (χ0) is 9.73. The van der Waals surface area contributed by atoms with Gasteiger partial charge in [0.25, 0.3) is 0 Å². The van der Waals surface area contributed by atoms with Crippen LogP contribution in [0, 0.1) is 0 Å². The summed E-state index contributed by atoms with van der Waals surface area (Å²) in [6.45, 7) is 2.95. The van der Waals surface area contributed by atoms with Gasteiger partial charge in [0.15, 0.2) is 0 Å². The van der Waals surface area contributed by atoms with E-state index in [0.29, 0.717) is 13.2 Å². The minimum absolute atomic E-state index is 0.195. The number of hydrogen-bond donors (Lipinski definition) is 0. The molecule has 76 valence electrons. The Morgan fingerprint density at radius 3 is 2.92 bits per heavy atom. The molecule has 4 nitrogen and oxygen atoms in total. The normalized spacial score (nSPS) is 28.5. The predicted molar refractivity (Wildman–Crippen MR) is 46.6 cm³/mol. The van der Waals surface area contributed by atoms with E-state index in [1.165, 1.54) is 0 Å². The topological polar surface area (TPSA) is 44.8 Å². The molecule has 1 atom stereocenters. The second-order valence-corrected chi connectivity index (χ2v) is 3.33. The average Bonchev–Trinajstić information content (AvgIpc) is 2.04. The number of hydrogen-bond acceptors (Lipinski definition) is 4. The Labute approximate surface area is 82.1 Å². The highest BCUT2D eigenvalue weighted by molar-refractivity contribution is 6.18. The van der Waals surface area contributed by atoms with Crippen LogP contribution in [0.25, 0.3) is 0 Å². The molecule has 0 aromatic carbocycles. The maximum absolute atomic E-state index is 11.1. The lowest BCUT2D eigenvalue weighted by Crippen LogP contribution is -2.44. The largest absolute Gasteiger partial charge is 0.431 e. The van der Waals surface area contributed by atoms with Gasteiger partial charge < -0.3 is 14.2 Å². The highest BCUT2D eigenvalue weighted by atomic mass is 35.5. The first-order chi connectivity index (χ1) is 6.16. The molecule has 0 amide bonds. The lowest BCUT2D eigenvalue weighted by molar-refractivity contribution is -0.270. The van der Waals surface area contributed by atoms with Crippen molar-refractivity contribution in [1.82, 2.24) is 0 Å². The molecule has 0 aromatic heterocycles. The van der Waals surface area contributed by atoms with Crippen molar-refractivity contribution < 1.29 is 19.0 Å². The van der Waals surface area contributed by atoms with Crippen LogP contribution in [0.4, 0.5) is 0 Å². The van der Waals surface area contributed by atoms with Gasteiger partial charge >= 0.3 is 5.97 Å². The van der Waals surface area contributed by atoms with E-state index in [-0.39, 0.29) is 24.9 Å². The van der Waals surface area contributed by atoms with Gasteiger partial charge in [-0.15, -0.1) is 11.6 Å². The van der Waals surface area contributed by atoms with Gasteiger partial charge in [-0.1, -0.05) is 0 Å². The summed E-state index contributed by atoms with van der Waals surface area (Å²) >= 11 is 5.39. The van der Waals surface area contributed by atoms with Crippen molar-refractivity contribution in [1.29, 1.82) is 0 Å². The zero-order valence-corrected chi connectivity index (χ0v) is 8.30. The standard InChI is InChI=1S/C8H13ClO4/c1-8(6-11-4-5-12-8)13-7(10)2-3-9/h2-6H2,1H3. The van der Waals surface area contributed by atoms with Crippen LogP contribution in [0.3, 0.4) is 0 Å². The van der Waals surface area contributed by atoms with E-state index in [1.807, 2.05) is 0 Å². The fourth-order valence-corrected chi connectivity index (χ4v) is 1.20. The number of rotatable bonds is 3. The molecule has 0 aromatic rings. The molecular weight excluding hydrogens is 196 g/mol. The quantitative estimate of drug-likeness (QED) is 0.511. The number of carbonyl (C=O) groups is 1. The Balaban J connectivity index is 2.36. The van der Waals surface area contributed by atoms with Crippen LogP contribution in [0.5, 0.6) is 0 Å². The third kappa shape index (κ3) is 3.50. The van der Waals surface area contributed by atoms with Gasteiger partial charge in [-0.05, 0) is 0 Å². The van der Waals surface area contributed by atoms with Crippen molar-refractivity contribution in [3.05, 3.63) is 0 Å². The van der Waals surface area contributed by atoms with Gasteiger partial charge in [0, 0.05) is 12.8 Å². The second-order valence-electron chi connectivity index (χ2n) is 2.95. The summed E-state index contributed by atoms with van der Waals surface area (Å²) in [6.07, 6.45) is 0.195. The van der Waals surface area contributed by atoms with Gasteiger partial charge in [0.2, 0.25) is 5.79 Å². The molecule has 0 N–H and O–H groups in total. The molecule has 1 fully saturated rings. The summed E-state index contributed by atoms with van der Waals surface area (Å²) in [5, 5.41) is 0. The van der Waals surface area contributed by atoms with Crippen LogP contribution in [-0.2, 0) is 19.0 Å². The van der Waals surface area contributed by atoms with Crippen molar-refractivity contribution >= 4 is 17.6 Å². The number of ether oxygens (including phenoxy) is 3. The maximum atomic E-state index is 11.1. The number of esters is 1. The molecular formula is C8H13ClO4. The molecule has 5 heteroatoms. The molecule has 0 radical (unpaired) electrons. The van der Waals surface area contributed by atoms with E-state index >= 15 is 0 Å². The minimum Gasteiger partial charge on any atom is -0.431 e. The van der Waals surface area contributed by atoms with E-state index in [4.69, 9.17) is 25.8 Å². The van der Waals surface area contributed by atoms with E-state index in [1.54, 1.807) is 6.92 Å². The lowest BCUT2D eigenvalue weighted by atomic mass is 10.3. The summed E-state index contributed by atoms with van der Waals surface area (Å²) in [5.74, 6) is -1.03. The van der Waals surface area contributed by atoms with Crippen LogP contribution in [-0.4, -0.2) is 37.5 Å². The van der Waals surface area contributed by atoms with Gasteiger partial charge in [0.1, 0.15) is 6.61 Å². The summed E-state index contributed by atoms with van der Waals surface area (Å²) in [5.41, 5.74) is 0. The zero-order valence-electron chi connectivity index (χ0n) is 7.55. The first-order valence-corrected chi connectivity index (χ1v) is 4.69. The second kappa shape index (κ2) is 4.79. The van der Waals surface area contributed by atoms with Crippen LogP contribution in [0.1, 0.15) is 13.3 Å². The molecule has 0 saturated carbocycles. The molecule has 1 aliphatic rings. The van der Waals surface area contributed by atoms with Crippen LogP contribution >= 0.6 is 11.6 Å². The third-order valence-corrected chi connectivity index (χ3v) is 1.82. The molecule has 1 saturated heterocycles. The van der Waals surface area contributed by atoms with Gasteiger partial charge in [0.05, 0.1) is 19.6 Å². The first-order valence-electron chi connectivity index (χ1n) is 4.16. The fourth-order valence-electron chi connectivity index (χ4n) is 1.04. The molecule has 0 spiro atoms. The molecule has 13 heavy (non-hydrogen) atoms. The van der Waals surface area contributed by atoms with Crippen molar-refractivity contribution in [2.45, 2.75) is 19.1 Å². The number of carbonyl (C=O) groups excluding carboxylic acids is 1. The van der Waals surface area contributed by atoms with Crippen molar-refractivity contribution in [2.75, 3.05) is 25.7 Å². The van der Waals surface area contributed by atoms with E-state index in [9.17, 15) is 4.79 Å². The Kier molecular flexibility index (Phi) is 3.96. The molecule has 1 heterocycles. The number of halogens is 1. The smallest absolute Gasteiger partial charge is 0.309 e. The highest BCUT2D eigenvalue weighted by Gasteiger charge is 2.32. The van der Waals surface area contributed by atoms with E-state index in [2.05, 4.69) is 0 Å². The lowest BCUT2D eigenvalue weighted by Gasteiger charge is -2.32. The van der Waals surface area contributed by atoms with Crippen molar-refractivity contribution in [3.8, 4) is 0 Å². The van der Waals surface area contributed by atoms with Crippen molar-refractivity contribution in [2.24, 2.45) is 0 Å². The molecule has 1 aliphatic heterocycles. The van der Waals surface area contributed by atoms with Crippen LogP contribution in [0.2, 0.25) is 0 Å². The summed E-state index contributed by atoms with van der Waals surface area (Å²) in [6, 6.07) is 0. The molecule has 1 unspecified atom stereocenters. The average molecular weight is 209 g/mol. The molecule has 0 aliphatic carbocycles. The van der Waals surface area contributed by atoms with Gasteiger partial charge in [-0.3, -0.25) is 4.79 Å². The monoisotopic (exact) mass is 208 g/mol. The Bertz CT molecular complexity index is 177. The molecule has 1 rings (SSSR count). The predicted octanol–water partition coefficient (Wildman–Crippen LogP) is 0.921. The van der Waals surface area contributed by atoms with Gasteiger partial charge in [-0.2, -0.15) is 0 Å². The first kappa shape index (κ1) is 10.8. The molecule has 0 bridgehead atoms. The maximum Gasteiger partial charge on any atom is 0.309 e. The summed E-state index contributed by atoms with van der Waals surface area (Å²) in [4.78, 5) is 11.1. The SMILES string of the molecule is CC1(OC(=O)CCCl)COCCO1.